The number of ether oxygens (including phenoxy) is 2. The lowest BCUT2D eigenvalue weighted by atomic mass is 9.95. The molecule has 1 atom stereocenters. The first-order chi connectivity index (χ1) is 20.5. The number of aromatic nitrogens is 3. The van der Waals surface area contributed by atoms with Gasteiger partial charge in [0.25, 0.3) is 5.91 Å². The number of halogens is 1. The molecule has 0 radical (unpaired) electrons. The predicted octanol–water partition coefficient (Wildman–Crippen LogP) is 7.73. The van der Waals surface area contributed by atoms with Gasteiger partial charge in [0.15, 0.2) is 0 Å². The van der Waals surface area contributed by atoms with Crippen molar-refractivity contribution in [1.82, 2.24) is 14.8 Å². The number of rotatable bonds is 12. The van der Waals surface area contributed by atoms with Crippen molar-refractivity contribution < 1.29 is 14.3 Å². The quantitative estimate of drug-likeness (QED) is 0.126. The van der Waals surface area contributed by atoms with Crippen molar-refractivity contribution in [3.05, 3.63) is 100 Å². The third-order valence-corrected chi connectivity index (χ3v) is 8.05. The molecule has 0 saturated carbocycles. The van der Waals surface area contributed by atoms with Gasteiger partial charge in [0.1, 0.15) is 17.5 Å². The maximum Gasteiger partial charge on any atom is 0.255 e. The van der Waals surface area contributed by atoms with E-state index in [9.17, 15) is 4.79 Å². The second-order valence-corrected chi connectivity index (χ2v) is 11.1. The van der Waals surface area contributed by atoms with Gasteiger partial charge in [0.2, 0.25) is 11.1 Å². The first-order valence-electron chi connectivity index (χ1n) is 14.0. The van der Waals surface area contributed by atoms with Gasteiger partial charge in [0.05, 0.1) is 24.5 Å². The van der Waals surface area contributed by atoms with Crippen LogP contribution < -0.4 is 20.1 Å². The van der Waals surface area contributed by atoms with Crippen molar-refractivity contribution in [3.63, 3.8) is 0 Å². The van der Waals surface area contributed by atoms with Gasteiger partial charge in [-0.2, -0.15) is 4.98 Å². The number of nitrogens with zero attached hydrogens (tertiary/aromatic N) is 3. The highest BCUT2D eigenvalue weighted by molar-refractivity contribution is 7.98. The largest absolute Gasteiger partial charge is 0.494 e. The Morgan fingerprint density at radius 1 is 1.05 bits per heavy atom. The van der Waals surface area contributed by atoms with Crippen LogP contribution in [0.15, 0.2) is 89.2 Å². The van der Waals surface area contributed by atoms with E-state index < -0.39 is 6.04 Å². The number of hydrogen-bond acceptors (Lipinski definition) is 7. The second-order valence-electron chi connectivity index (χ2n) is 9.76. The molecule has 8 nitrogen and oxygen atoms in total. The first-order valence-corrected chi connectivity index (χ1v) is 15.4. The van der Waals surface area contributed by atoms with Crippen molar-refractivity contribution in [2.45, 2.75) is 50.6 Å². The zero-order chi connectivity index (χ0) is 29.5. The van der Waals surface area contributed by atoms with Crippen molar-refractivity contribution in [3.8, 4) is 11.5 Å². The SMILES string of the molecule is CCCCOc1ccc(C2C(C(=O)Nc3ccccc3OCC)=C(C)Nc3nc(SCc4ccccc4Cl)nn32)cc1. The van der Waals surface area contributed by atoms with Gasteiger partial charge in [-0.1, -0.05) is 79.2 Å². The summed E-state index contributed by atoms with van der Waals surface area (Å²) in [6.45, 7) is 7.08. The fraction of sp³-hybridized carbons (Fsp3) is 0.281. The Morgan fingerprint density at radius 3 is 2.57 bits per heavy atom. The van der Waals surface area contributed by atoms with Gasteiger partial charge in [-0.05, 0) is 61.7 Å². The van der Waals surface area contributed by atoms with Crippen LogP contribution in [0, 0.1) is 0 Å². The molecule has 0 aliphatic carbocycles. The van der Waals surface area contributed by atoms with Gasteiger partial charge in [-0.3, -0.25) is 4.79 Å². The van der Waals surface area contributed by atoms with Crippen LogP contribution >= 0.6 is 23.4 Å². The summed E-state index contributed by atoms with van der Waals surface area (Å²) in [6.07, 6.45) is 2.05. The number of fused-ring (bicyclic) bond motifs is 1. The standard InChI is InChI=1S/C32H34ClN5O3S/c1-4-6-19-41-24-17-15-22(16-18-24)29-28(30(39)35-26-13-9-10-14-27(26)40-5-2)21(3)34-31-36-32(37-38(29)31)42-20-23-11-7-8-12-25(23)33/h7-18,29H,4-6,19-20H2,1-3H3,(H,35,39)(H,34,36,37). The third kappa shape index (κ3) is 6.74. The average molecular weight is 604 g/mol. The molecule has 2 N–H and O–H groups in total. The van der Waals surface area contributed by atoms with E-state index in [4.69, 9.17) is 31.2 Å². The molecule has 1 unspecified atom stereocenters. The number of carbonyl (C=O) groups is 1. The summed E-state index contributed by atoms with van der Waals surface area (Å²) in [5.41, 5.74) is 3.71. The second kappa shape index (κ2) is 13.8. The summed E-state index contributed by atoms with van der Waals surface area (Å²) in [4.78, 5) is 18.7. The lowest BCUT2D eigenvalue weighted by Crippen LogP contribution is -2.31. The maximum absolute atomic E-state index is 14.0. The molecule has 4 aromatic rings. The van der Waals surface area contributed by atoms with Gasteiger partial charge >= 0.3 is 0 Å². The van der Waals surface area contributed by atoms with Crippen LogP contribution in [0.2, 0.25) is 5.02 Å². The number of benzene rings is 3. The van der Waals surface area contributed by atoms with E-state index in [2.05, 4.69) is 17.6 Å². The summed E-state index contributed by atoms with van der Waals surface area (Å²) in [7, 11) is 0. The van der Waals surface area contributed by atoms with Crippen LogP contribution in [-0.2, 0) is 10.5 Å². The van der Waals surface area contributed by atoms with Crippen molar-refractivity contribution in [2.75, 3.05) is 23.8 Å². The molecule has 42 heavy (non-hydrogen) atoms. The number of para-hydroxylation sites is 2. The number of anilines is 2. The zero-order valence-corrected chi connectivity index (χ0v) is 25.5. The molecule has 0 spiro atoms. The summed E-state index contributed by atoms with van der Waals surface area (Å²) in [5, 5.41) is 12.5. The molecule has 2 heterocycles. The monoisotopic (exact) mass is 603 g/mol. The minimum Gasteiger partial charge on any atom is -0.494 e. The molecular formula is C32H34ClN5O3S. The molecule has 5 rings (SSSR count). The van der Waals surface area contributed by atoms with Gasteiger partial charge in [0, 0.05) is 16.5 Å². The topological polar surface area (TPSA) is 90.3 Å². The summed E-state index contributed by atoms with van der Waals surface area (Å²) in [6, 6.07) is 22.5. The van der Waals surface area contributed by atoms with Crippen LogP contribution in [0.3, 0.4) is 0 Å². The van der Waals surface area contributed by atoms with Gasteiger partial charge < -0.3 is 20.1 Å². The minimum atomic E-state index is -0.521. The first kappa shape index (κ1) is 29.5. The highest BCUT2D eigenvalue weighted by Crippen LogP contribution is 2.38. The Kier molecular flexibility index (Phi) is 9.71. The molecule has 1 aromatic heterocycles. The van der Waals surface area contributed by atoms with Crippen molar-refractivity contribution in [1.29, 1.82) is 0 Å². The molecule has 0 bridgehead atoms. The lowest BCUT2D eigenvalue weighted by Gasteiger charge is -2.29. The normalized spacial score (nSPS) is 14.2. The number of unbranched alkanes of at least 4 members (excludes halogenated alkanes) is 1. The number of allylic oxidation sites excluding steroid dienone is 1. The Bertz CT molecular complexity index is 1570. The lowest BCUT2D eigenvalue weighted by molar-refractivity contribution is -0.113. The Balaban J connectivity index is 1.47. The summed E-state index contributed by atoms with van der Waals surface area (Å²) in [5.74, 6) is 2.32. The highest BCUT2D eigenvalue weighted by atomic mass is 35.5. The number of hydrogen-bond donors (Lipinski definition) is 2. The van der Waals surface area contributed by atoms with E-state index in [0.29, 0.717) is 57.8 Å². The van der Waals surface area contributed by atoms with Crippen LogP contribution in [0.5, 0.6) is 11.5 Å². The van der Waals surface area contributed by atoms with E-state index in [1.165, 1.54) is 11.8 Å². The number of carbonyl (C=O) groups excluding carboxylic acids is 1. The molecule has 1 amide bonds. The fourth-order valence-electron chi connectivity index (χ4n) is 4.67. The number of thioether (sulfide) groups is 1. The molecule has 0 saturated heterocycles. The molecule has 3 aromatic carbocycles. The Morgan fingerprint density at radius 2 is 1.81 bits per heavy atom. The summed E-state index contributed by atoms with van der Waals surface area (Å²) >= 11 is 7.87. The zero-order valence-electron chi connectivity index (χ0n) is 23.9. The number of amides is 1. The fourth-order valence-corrected chi connectivity index (χ4v) is 5.79. The summed E-state index contributed by atoms with van der Waals surface area (Å²) < 4.78 is 13.4. The van der Waals surface area contributed by atoms with Crippen LogP contribution in [-0.4, -0.2) is 33.9 Å². The molecule has 1 aliphatic rings. The minimum absolute atomic E-state index is 0.258. The highest BCUT2D eigenvalue weighted by Gasteiger charge is 2.34. The van der Waals surface area contributed by atoms with Crippen molar-refractivity contribution >= 4 is 40.9 Å². The van der Waals surface area contributed by atoms with Gasteiger partial charge in [-0.15, -0.1) is 5.10 Å². The molecule has 0 fully saturated rings. The van der Waals surface area contributed by atoms with E-state index in [1.807, 2.05) is 86.6 Å². The predicted molar refractivity (Wildman–Crippen MR) is 169 cm³/mol. The van der Waals surface area contributed by atoms with E-state index in [1.54, 1.807) is 4.68 Å². The van der Waals surface area contributed by atoms with Crippen LogP contribution in [0.4, 0.5) is 11.6 Å². The molecule has 1 aliphatic heterocycles. The van der Waals surface area contributed by atoms with E-state index in [0.717, 1.165) is 29.7 Å². The smallest absolute Gasteiger partial charge is 0.255 e. The Labute approximate surface area is 255 Å². The number of nitrogens with one attached hydrogen (secondary N) is 2. The van der Waals surface area contributed by atoms with Crippen LogP contribution in [0.25, 0.3) is 0 Å². The molecular weight excluding hydrogens is 570 g/mol. The Hall–Kier alpha value is -3.95. The third-order valence-electron chi connectivity index (χ3n) is 6.79. The van der Waals surface area contributed by atoms with Crippen molar-refractivity contribution in [2.24, 2.45) is 0 Å². The van der Waals surface area contributed by atoms with E-state index >= 15 is 0 Å². The average Bonchev–Trinajstić information content (AvgIpc) is 3.40. The molecule has 10 heteroatoms. The van der Waals surface area contributed by atoms with Gasteiger partial charge in [-0.25, -0.2) is 4.68 Å². The maximum atomic E-state index is 14.0. The van der Waals surface area contributed by atoms with Crippen LogP contribution in [0.1, 0.15) is 50.8 Å². The van der Waals surface area contributed by atoms with E-state index in [-0.39, 0.29) is 5.91 Å². The molecule has 218 valence electrons.